The van der Waals surface area contributed by atoms with Crippen molar-refractivity contribution in [3.63, 3.8) is 0 Å². The predicted octanol–water partition coefficient (Wildman–Crippen LogP) is 7.07. The van der Waals surface area contributed by atoms with Gasteiger partial charge in [-0.3, -0.25) is 0 Å². The zero-order chi connectivity index (χ0) is 27.6. The van der Waals surface area contributed by atoms with Crippen LogP contribution in [0.4, 0.5) is 22.7 Å². The average molecular weight is 533 g/mol. The maximum absolute atomic E-state index is 3.24. The number of rotatable bonds is 8. The quantitative estimate of drug-likeness (QED) is 0.238. The Kier molecular flexibility index (Phi) is 9.89. The summed E-state index contributed by atoms with van der Waals surface area (Å²) >= 11 is 0. The zero-order valence-corrected chi connectivity index (χ0v) is 24.2. The van der Waals surface area contributed by atoms with Gasteiger partial charge in [0, 0.05) is 35.8 Å². The van der Waals surface area contributed by atoms with E-state index in [2.05, 4.69) is 117 Å². The van der Waals surface area contributed by atoms with Crippen molar-refractivity contribution < 1.29 is 0 Å². The van der Waals surface area contributed by atoms with Crippen molar-refractivity contribution >= 4 is 22.7 Å². The number of nitrogens with one attached hydrogen (secondary N) is 2. The van der Waals surface area contributed by atoms with Crippen LogP contribution in [0, 0.1) is 0 Å². The van der Waals surface area contributed by atoms with E-state index in [9.17, 15) is 0 Å². The van der Waals surface area contributed by atoms with Crippen LogP contribution in [0.25, 0.3) is 0 Å². The third-order valence-corrected chi connectivity index (χ3v) is 8.07. The molecular formula is C36H44N4. The predicted molar refractivity (Wildman–Crippen MR) is 172 cm³/mol. The summed E-state index contributed by atoms with van der Waals surface area (Å²) in [5, 5.41) is 6.49. The lowest BCUT2D eigenvalue weighted by atomic mass is 10.0. The van der Waals surface area contributed by atoms with Crippen LogP contribution in [0.1, 0.15) is 35.1 Å². The van der Waals surface area contributed by atoms with E-state index in [1.165, 1.54) is 45.0 Å². The Labute approximate surface area is 241 Å². The summed E-state index contributed by atoms with van der Waals surface area (Å²) < 4.78 is 0. The van der Waals surface area contributed by atoms with E-state index in [1.807, 2.05) is 14.1 Å². The van der Waals surface area contributed by atoms with Crippen molar-refractivity contribution in [2.75, 3.05) is 50.1 Å². The van der Waals surface area contributed by atoms with E-state index in [-0.39, 0.29) is 0 Å². The number of nitrogens with zero attached hydrogens (tertiary/aromatic N) is 2. The minimum atomic E-state index is 1.06. The molecule has 4 heteroatoms. The highest BCUT2D eigenvalue weighted by atomic mass is 15.1. The van der Waals surface area contributed by atoms with Gasteiger partial charge in [-0.1, -0.05) is 72.8 Å². The van der Waals surface area contributed by atoms with Gasteiger partial charge in [0.15, 0.2) is 0 Å². The topological polar surface area (TPSA) is 30.5 Å². The third kappa shape index (κ3) is 6.57. The average Bonchev–Trinajstić information content (AvgIpc) is 3.27. The van der Waals surface area contributed by atoms with Gasteiger partial charge < -0.3 is 20.4 Å². The second-order valence-electron chi connectivity index (χ2n) is 10.7. The molecule has 0 atom stereocenters. The molecule has 208 valence electrons. The van der Waals surface area contributed by atoms with Gasteiger partial charge in [-0.15, -0.1) is 0 Å². The number of para-hydroxylation sites is 4. The minimum absolute atomic E-state index is 1.06. The molecule has 6 rings (SSSR count). The van der Waals surface area contributed by atoms with E-state index in [0.29, 0.717) is 0 Å². The Morgan fingerprint density at radius 2 is 0.725 bits per heavy atom. The van der Waals surface area contributed by atoms with E-state index >= 15 is 0 Å². The van der Waals surface area contributed by atoms with Crippen molar-refractivity contribution in [1.82, 2.24) is 10.6 Å². The van der Waals surface area contributed by atoms with Crippen molar-refractivity contribution in [2.24, 2.45) is 0 Å². The molecule has 0 radical (unpaired) electrons. The SMILES string of the molecule is CNCCCN1c2ccccc2CCc2ccccc21.CNCCCN1c2ccccc2CCc2ccccc21. The van der Waals surface area contributed by atoms with Crippen LogP contribution >= 0.6 is 0 Å². The first kappa shape index (κ1) is 27.9. The lowest BCUT2D eigenvalue weighted by Gasteiger charge is -2.27. The maximum Gasteiger partial charge on any atom is 0.0443 e. The molecule has 0 saturated carbocycles. The Hall–Kier alpha value is -3.60. The van der Waals surface area contributed by atoms with Crippen molar-refractivity contribution in [2.45, 2.75) is 38.5 Å². The van der Waals surface area contributed by atoms with Crippen molar-refractivity contribution in [3.8, 4) is 0 Å². The maximum atomic E-state index is 3.24. The largest absolute Gasteiger partial charge is 0.341 e. The highest BCUT2D eigenvalue weighted by molar-refractivity contribution is 5.72. The Morgan fingerprint density at radius 1 is 0.450 bits per heavy atom. The van der Waals surface area contributed by atoms with Gasteiger partial charge in [-0.05, 0) is 112 Å². The van der Waals surface area contributed by atoms with E-state index in [0.717, 1.165) is 64.7 Å². The molecule has 2 aliphatic heterocycles. The van der Waals surface area contributed by atoms with E-state index in [1.54, 1.807) is 0 Å². The molecule has 0 aliphatic carbocycles. The first-order chi connectivity index (χ1) is 19.8. The Bertz CT molecular complexity index is 1160. The first-order valence-electron chi connectivity index (χ1n) is 15.0. The van der Waals surface area contributed by atoms with Crippen molar-refractivity contribution in [1.29, 1.82) is 0 Å². The molecule has 4 aromatic carbocycles. The molecule has 0 aromatic heterocycles. The first-order valence-corrected chi connectivity index (χ1v) is 15.0. The molecule has 40 heavy (non-hydrogen) atoms. The standard InChI is InChI=1S/2C18H22N2/c2*1-19-13-6-14-20-17-9-4-2-7-15(17)11-12-16-8-3-5-10-18(16)20/h2*2-5,7-10,19H,6,11-14H2,1H3. The van der Waals surface area contributed by atoms with Gasteiger partial charge in [0.05, 0.1) is 0 Å². The summed E-state index contributed by atoms with van der Waals surface area (Å²) in [7, 11) is 4.04. The number of fused-ring (bicyclic) bond motifs is 4. The van der Waals surface area contributed by atoms with Crippen LogP contribution in [0.15, 0.2) is 97.1 Å². The number of hydrogen-bond acceptors (Lipinski definition) is 4. The molecule has 2 N–H and O–H groups in total. The summed E-state index contributed by atoms with van der Waals surface area (Å²) in [6.45, 7) is 4.24. The second kappa shape index (κ2) is 14.2. The summed E-state index contributed by atoms with van der Waals surface area (Å²) in [6, 6.07) is 35.3. The lowest BCUT2D eigenvalue weighted by molar-refractivity contribution is 0.723. The monoisotopic (exact) mass is 532 g/mol. The highest BCUT2D eigenvalue weighted by Gasteiger charge is 2.20. The fourth-order valence-electron chi connectivity index (χ4n) is 6.05. The molecule has 4 aromatic rings. The molecule has 0 amide bonds. The summed E-state index contributed by atoms with van der Waals surface area (Å²) in [5.74, 6) is 0. The number of benzene rings is 4. The lowest BCUT2D eigenvalue weighted by Crippen LogP contribution is -2.22. The van der Waals surface area contributed by atoms with Crippen LogP contribution in [0.3, 0.4) is 0 Å². The molecule has 2 heterocycles. The molecule has 2 aliphatic rings. The molecule has 0 bridgehead atoms. The van der Waals surface area contributed by atoms with Crippen molar-refractivity contribution in [3.05, 3.63) is 119 Å². The summed E-state index contributed by atoms with van der Waals surface area (Å²) in [6.07, 6.45) is 6.84. The number of anilines is 4. The van der Waals surface area contributed by atoms with Crippen LogP contribution in [0.2, 0.25) is 0 Å². The fourth-order valence-corrected chi connectivity index (χ4v) is 6.05. The van der Waals surface area contributed by atoms with Gasteiger partial charge in [-0.2, -0.15) is 0 Å². The normalized spacial score (nSPS) is 13.6. The highest BCUT2D eigenvalue weighted by Crippen LogP contribution is 2.37. The summed E-state index contributed by atoms with van der Waals surface area (Å²) in [5.41, 5.74) is 11.4. The summed E-state index contributed by atoms with van der Waals surface area (Å²) in [4.78, 5) is 4.99. The minimum Gasteiger partial charge on any atom is -0.341 e. The molecule has 0 fully saturated rings. The Balaban J connectivity index is 0.000000161. The van der Waals surface area contributed by atoms with Crippen LogP contribution in [0.5, 0.6) is 0 Å². The van der Waals surface area contributed by atoms with Gasteiger partial charge in [-0.25, -0.2) is 0 Å². The Morgan fingerprint density at radius 3 is 1.00 bits per heavy atom. The molecule has 0 spiro atoms. The fraction of sp³-hybridized carbons (Fsp3) is 0.333. The van der Waals surface area contributed by atoms with E-state index in [4.69, 9.17) is 0 Å². The zero-order valence-electron chi connectivity index (χ0n) is 24.2. The van der Waals surface area contributed by atoms with Gasteiger partial charge in [0.2, 0.25) is 0 Å². The number of hydrogen-bond donors (Lipinski definition) is 2. The van der Waals surface area contributed by atoms with Gasteiger partial charge in [0.25, 0.3) is 0 Å². The molecule has 0 saturated heterocycles. The van der Waals surface area contributed by atoms with Crippen LogP contribution < -0.4 is 20.4 Å². The molecule has 0 unspecified atom stereocenters. The molecule has 4 nitrogen and oxygen atoms in total. The second-order valence-corrected chi connectivity index (χ2v) is 10.7. The molecular weight excluding hydrogens is 488 g/mol. The van der Waals surface area contributed by atoms with E-state index < -0.39 is 0 Å². The van der Waals surface area contributed by atoms with Crippen LogP contribution in [-0.2, 0) is 25.7 Å². The van der Waals surface area contributed by atoms with Crippen LogP contribution in [-0.4, -0.2) is 40.3 Å². The van der Waals surface area contributed by atoms with Gasteiger partial charge in [0.1, 0.15) is 0 Å². The third-order valence-electron chi connectivity index (χ3n) is 8.07. The van der Waals surface area contributed by atoms with Gasteiger partial charge >= 0.3 is 0 Å². The number of aryl methyl sites for hydroxylation is 4. The smallest absolute Gasteiger partial charge is 0.0443 e.